The zero-order valence-corrected chi connectivity index (χ0v) is 13.1. The number of ether oxygens (including phenoxy) is 1. The van der Waals surface area contributed by atoms with E-state index in [9.17, 15) is 0 Å². The van der Waals surface area contributed by atoms with E-state index in [-0.39, 0.29) is 0 Å². The monoisotopic (exact) mass is 343 g/mol. The number of hydrogen-bond acceptors (Lipinski definition) is 3. The standard InChI is InChI=1S/C17H14BrNO2/c1-12-10-16(19-21-12)11-20-17-8-4-14(5-9-17)13-2-6-15(18)7-3-13/h2-10H,11H2,1H3. The van der Waals surface area contributed by atoms with Gasteiger partial charge in [0.25, 0.3) is 0 Å². The number of aromatic nitrogens is 1. The fraction of sp³-hybridized carbons (Fsp3) is 0.118. The Balaban J connectivity index is 1.67. The van der Waals surface area contributed by atoms with E-state index in [1.54, 1.807) is 0 Å². The number of halogens is 1. The van der Waals surface area contributed by atoms with Crippen LogP contribution in [0.3, 0.4) is 0 Å². The molecule has 0 aliphatic heterocycles. The zero-order valence-electron chi connectivity index (χ0n) is 11.5. The van der Waals surface area contributed by atoms with Crippen molar-refractivity contribution in [2.45, 2.75) is 13.5 Å². The molecule has 21 heavy (non-hydrogen) atoms. The molecule has 0 saturated carbocycles. The molecule has 2 aromatic carbocycles. The number of rotatable bonds is 4. The smallest absolute Gasteiger partial charge is 0.134 e. The molecule has 0 spiro atoms. The third-order valence-electron chi connectivity index (χ3n) is 3.10. The lowest BCUT2D eigenvalue weighted by Crippen LogP contribution is -1.95. The van der Waals surface area contributed by atoms with E-state index in [4.69, 9.17) is 9.26 Å². The summed E-state index contributed by atoms with van der Waals surface area (Å²) in [5.41, 5.74) is 3.13. The molecular formula is C17H14BrNO2. The average Bonchev–Trinajstić information content (AvgIpc) is 2.92. The van der Waals surface area contributed by atoms with E-state index in [0.717, 1.165) is 27.2 Å². The number of benzene rings is 2. The minimum atomic E-state index is 0.412. The molecule has 0 radical (unpaired) electrons. The van der Waals surface area contributed by atoms with Gasteiger partial charge in [0.05, 0.1) is 0 Å². The van der Waals surface area contributed by atoms with Crippen LogP contribution < -0.4 is 4.74 Å². The highest BCUT2D eigenvalue weighted by Crippen LogP contribution is 2.24. The van der Waals surface area contributed by atoms with Gasteiger partial charge in [0, 0.05) is 10.5 Å². The second kappa shape index (κ2) is 6.14. The summed E-state index contributed by atoms with van der Waals surface area (Å²) < 4.78 is 11.8. The van der Waals surface area contributed by atoms with Crippen LogP contribution in [0.2, 0.25) is 0 Å². The van der Waals surface area contributed by atoms with Gasteiger partial charge >= 0.3 is 0 Å². The highest BCUT2D eigenvalue weighted by atomic mass is 79.9. The highest BCUT2D eigenvalue weighted by molar-refractivity contribution is 9.10. The Morgan fingerprint density at radius 1 is 1.00 bits per heavy atom. The van der Waals surface area contributed by atoms with Crippen LogP contribution in [0.1, 0.15) is 11.5 Å². The van der Waals surface area contributed by atoms with Gasteiger partial charge in [-0.15, -0.1) is 0 Å². The summed E-state index contributed by atoms with van der Waals surface area (Å²) in [5.74, 6) is 1.61. The van der Waals surface area contributed by atoms with Crippen molar-refractivity contribution in [3.8, 4) is 16.9 Å². The molecule has 1 aromatic heterocycles. The third kappa shape index (κ3) is 3.52. The summed E-state index contributed by atoms with van der Waals surface area (Å²) in [4.78, 5) is 0. The van der Waals surface area contributed by atoms with Crippen LogP contribution in [0.5, 0.6) is 5.75 Å². The second-order valence-electron chi connectivity index (χ2n) is 4.75. The summed E-state index contributed by atoms with van der Waals surface area (Å²) in [6.45, 7) is 2.28. The van der Waals surface area contributed by atoms with Gasteiger partial charge in [-0.25, -0.2) is 0 Å². The van der Waals surface area contributed by atoms with Crippen LogP contribution in [0.25, 0.3) is 11.1 Å². The van der Waals surface area contributed by atoms with Gasteiger partial charge in [-0.3, -0.25) is 0 Å². The summed E-state index contributed by atoms with van der Waals surface area (Å²) in [6, 6.07) is 18.1. The van der Waals surface area contributed by atoms with Crippen LogP contribution in [-0.4, -0.2) is 5.16 Å². The van der Waals surface area contributed by atoms with E-state index in [0.29, 0.717) is 6.61 Å². The van der Waals surface area contributed by atoms with Crippen LogP contribution >= 0.6 is 15.9 Å². The first-order valence-corrected chi connectivity index (χ1v) is 7.41. The molecule has 0 atom stereocenters. The highest BCUT2D eigenvalue weighted by Gasteiger charge is 2.02. The third-order valence-corrected chi connectivity index (χ3v) is 3.62. The Morgan fingerprint density at radius 2 is 1.62 bits per heavy atom. The van der Waals surface area contributed by atoms with Crippen molar-refractivity contribution in [2.24, 2.45) is 0 Å². The maximum Gasteiger partial charge on any atom is 0.134 e. The summed E-state index contributed by atoms with van der Waals surface area (Å²) in [6.07, 6.45) is 0. The van der Waals surface area contributed by atoms with Crippen molar-refractivity contribution in [1.29, 1.82) is 0 Å². The number of hydrogen-bond donors (Lipinski definition) is 0. The van der Waals surface area contributed by atoms with Gasteiger partial charge in [-0.05, 0) is 42.3 Å². The van der Waals surface area contributed by atoms with Crippen LogP contribution in [-0.2, 0) is 6.61 Å². The largest absolute Gasteiger partial charge is 0.487 e. The van der Waals surface area contributed by atoms with Gasteiger partial charge in [0.1, 0.15) is 23.8 Å². The van der Waals surface area contributed by atoms with Crippen LogP contribution in [0, 0.1) is 6.92 Å². The molecule has 0 saturated heterocycles. The lowest BCUT2D eigenvalue weighted by atomic mass is 10.1. The molecule has 0 amide bonds. The Bertz CT molecular complexity index is 717. The van der Waals surface area contributed by atoms with Crippen LogP contribution in [0.15, 0.2) is 63.6 Å². The fourth-order valence-corrected chi connectivity index (χ4v) is 2.29. The predicted molar refractivity (Wildman–Crippen MR) is 85.2 cm³/mol. The topological polar surface area (TPSA) is 35.3 Å². The molecular weight excluding hydrogens is 330 g/mol. The molecule has 3 rings (SSSR count). The summed E-state index contributed by atoms with van der Waals surface area (Å²) in [7, 11) is 0. The fourth-order valence-electron chi connectivity index (χ4n) is 2.03. The summed E-state index contributed by atoms with van der Waals surface area (Å²) in [5, 5.41) is 3.90. The first kappa shape index (κ1) is 13.9. The first-order chi connectivity index (χ1) is 10.2. The van der Waals surface area contributed by atoms with E-state index in [1.165, 1.54) is 5.56 Å². The van der Waals surface area contributed by atoms with E-state index >= 15 is 0 Å². The maximum atomic E-state index is 5.69. The van der Waals surface area contributed by atoms with E-state index in [1.807, 2.05) is 49.4 Å². The molecule has 4 heteroatoms. The zero-order chi connectivity index (χ0) is 14.7. The quantitative estimate of drug-likeness (QED) is 0.669. The molecule has 1 heterocycles. The van der Waals surface area contributed by atoms with Crippen molar-refractivity contribution < 1.29 is 9.26 Å². The van der Waals surface area contributed by atoms with Gasteiger partial charge in [-0.1, -0.05) is 45.4 Å². The normalized spacial score (nSPS) is 10.6. The molecule has 0 unspecified atom stereocenters. The predicted octanol–water partition coefficient (Wildman–Crippen LogP) is 4.99. The maximum absolute atomic E-state index is 5.69. The Labute approximate surface area is 131 Å². The van der Waals surface area contributed by atoms with Crippen molar-refractivity contribution >= 4 is 15.9 Å². The van der Waals surface area contributed by atoms with E-state index in [2.05, 4.69) is 33.2 Å². The lowest BCUT2D eigenvalue weighted by molar-refractivity contribution is 0.288. The average molecular weight is 344 g/mol. The minimum absolute atomic E-state index is 0.412. The van der Waals surface area contributed by atoms with Crippen molar-refractivity contribution in [3.05, 3.63) is 70.5 Å². The van der Waals surface area contributed by atoms with Crippen molar-refractivity contribution in [2.75, 3.05) is 0 Å². The van der Waals surface area contributed by atoms with Crippen molar-refractivity contribution in [3.63, 3.8) is 0 Å². The van der Waals surface area contributed by atoms with Gasteiger partial charge < -0.3 is 9.26 Å². The van der Waals surface area contributed by atoms with E-state index < -0.39 is 0 Å². The molecule has 0 fully saturated rings. The number of aryl methyl sites for hydroxylation is 1. The minimum Gasteiger partial charge on any atom is -0.487 e. The van der Waals surface area contributed by atoms with Gasteiger partial charge in [-0.2, -0.15) is 0 Å². The molecule has 0 N–H and O–H groups in total. The molecule has 3 aromatic rings. The molecule has 0 aliphatic rings. The molecule has 0 bridgehead atoms. The van der Waals surface area contributed by atoms with Gasteiger partial charge in [0.15, 0.2) is 0 Å². The molecule has 3 nitrogen and oxygen atoms in total. The first-order valence-electron chi connectivity index (χ1n) is 6.62. The Morgan fingerprint density at radius 3 is 2.19 bits per heavy atom. The molecule has 0 aliphatic carbocycles. The van der Waals surface area contributed by atoms with Gasteiger partial charge in [0.2, 0.25) is 0 Å². The SMILES string of the molecule is Cc1cc(COc2ccc(-c3ccc(Br)cc3)cc2)no1. The Kier molecular flexibility index (Phi) is 4.06. The molecule has 106 valence electrons. The summed E-state index contributed by atoms with van der Waals surface area (Å²) >= 11 is 3.44. The number of nitrogens with zero attached hydrogens (tertiary/aromatic N) is 1. The van der Waals surface area contributed by atoms with Crippen molar-refractivity contribution in [1.82, 2.24) is 5.16 Å². The van der Waals surface area contributed by atoms with Crippen LogP contribution in [0.4, 0.5) is 0 Å². The Hall–Kier alpha value is -2.07. The lowest BCUT2D eigenvalue weighted by Gasteiger charge is -2.06. The second-order valence-corrected chi connectivity index (χ2v) is 5.66.